The fourth-order valence-corrected chi connectivity index (χ4v) is 3.77. The van der Waals surface area contributed by atoms with Crippen molar-refractivity contribution in [3.8, 4) is 0 Å². The maximum absolute atomic E-state index is 4.79. The lowest BCUT2D eigenvalue weighted by atomic mass is 10.2. The van der Waals surface area contributed by atoms with Crippen molar-refractivity contribution in [2.45, 2.75) is 37.6 Å². The molecule has 0 bridgehead atoms. The molecular weight excluding hydrogens is 334 g/mol. The molecule has 0 saturated carbocycles. The number of nitrogens with one attached hydrogen (secondary N) is 2. The second kappa shape index (κ2) is 9.35. The third-order valence-electron chi connectivity index (χ3n) is 4.58. The summed E-state index contributed by atoms with van der Waals surface area (Å²) in [6.45, 7) is 7.78. The van der Waals surface area contributed by atoms with Crippen LogP contribution in [0.25, 0.3) is 0 Å². The van der Waals surface area contributed by atoms with E-state index in [1.165, 1.54) is 25.7 Å². The van der Waals surface area contributed by atoms with E-state index in [2.05, 4.69) is 43.8 Å². The molecular formula is C17H29N7S. The van der Waals surface area contributed by atoms with Gasteiger partial charge in [-0.25, -0.2) is 20.0 Å². The van der Waals surface area contributed by atoms with Crippen molar-refractivity contribution in [1.82, 2.24) is 25.6 Å². The zero-order valence-corrected chi connectivity index (χ0v) is 16.1. The largest absolute Gasteiger partial charge is 0.368 e. The molecule has 1 fully saturated rings. The molecule has 1 saturated heterocycles. The lowest BCUT2D eigenvalue weighted by molar-refractivity contribution is 0.218. The van der Waals surface area contributed by atoms with E-state index in [1.807, 2.05) is 0 Å². The summed E-state index contributed by atoms with van der Waals surface area (Å²) >= 11 is 1.67. The number of fused-ring (bicyclic) bond motifs is 1. The van der Waals surface area contributed by atoms with E-state index < -0.39 is 0 Å². The van der Waals surface area contributed by atoms with Gasteiger partial charge in [0.1, 0.15) is 29.4 Å². The SMILES string of the molecule is CCCCCCNC1=NCN(N2CCNCC2)c2c(SC)ncnc21. The number of amidine groups is 1. The van der Waals surface area contributed by atoms with E-state index in [0.29, 0.717) is 6.67 Å². The molecule has 7 nitrogen and oxygen atoms in total. The minimum atomic E-state index is 0.630. The molecule has 0 aliphatic carbocycles. The number of hydrogen-bond donors (Lipinski definition) is 2. The minimum absolute atomic E-state index is 0.630. The Bertz CT molecular complexity index is 586. The van der Waals surface area contributed by atoms with Gasteiger partial charge in [0.25, 0.3) is 0 Å². The maximum atomic E-state index is 4.79. The van der Waals surface area contributed by atoms with Gasteiger partial charge in [-0.1, -0.05) is 26.2 Å². The van der Waals surface area contributed by atoms with Crippen LogP contribution in [0.5, 0.6) is 0 Å². The smallest absolute Gasteiger partial charge is 0.151 e. The van der Waals surface area contributed by atoms with Crippen LogP contribution in [0, 0.1) is 0 Å². The number of rotatable bonds is 7. The highest BCUT2D eigenvalue weighted by molar-refractivity contribution is 7.98. The molecule has 0 aromatic carbocycles. The Hall–Kier alpha value is -1.38. The third-order valence-corrected chi connectivity index (χ3v) is 5.27. The summed E-state index contributed by atoms with van der Waals surface area (Å²) in [6, 6.07) is 0. The fraction of sp³-hybridized carbons (Fsp3) is 0.706. The Labute approximate surface area is 154 Å². The molecule has 8 heteroatoms. The monoisotopic (exact) mass is 363 g/mol. The first-order valence-corrected chi connectivity index (χ1v) is 10.5. The van der Waals surface area contributed by atoms with E-state index in [0.717, 1.165) is 55.0 Å². The number of unbranched alkanes of at least 4 members (excludes halogenated alkanes) is 3. The summed E-state index contributed by atoms with van der Waals surface area (Å²) < 4.78 is 0. The van der Waals surface area contributed by atoms with E-state index in [4.69, 9.17) is 4.99 Å². The van der Waals surface area contributed by atoms with Crippen LogP contribution in [0.15, 0.2) is 16.3 Å². The van der Waals surface area contributed by atoms with E-state index in [1.54, 1.807) is 18.1 Å². The second-order valence-corrected chi connectivity index (χ2v) is 7.11. The standard InChI is InChI=1S/C17H29N7S/c1-3-4-5-6-7-19-16-14-15(17(25-2)21-12-20-14)24(13-22-16)23-10-8-18-9-11-23/h12,18H,3-11,13H2,1-2H3,(H,19,22). The van der Waals surface area contributed by atoms with Crippen molar-refractivity contribution in [1.29, 1.82) is 0 Å². The number of hydrazine groups is 1. The molecule has 2 aliphatic heterocycles. The molecule has 1 aromatic rings. The molecule has 0 unspecified atom stereocenters. The highest BCUT2D eigenvalue weighted by atomic mass is 32.2. The van der Waals surface area contributed by atoms with E-state index >= 15 is 0 Å². The highest BCUT2D eigenvalue weighted by Crippen LogP contribution is 2.32. The number of aliphatic imine (C=N–C) groups is 1. The van der Waals surface area contributed by atoms with Crippen LogP contribution in [0.4, 0.5) is 5.69 Å². The summed E-state index contributed by atoms with van der Waals surface area (Å²) in [5.74, 6) is 0.913. The van der Waals surface area contributed by atoms with Gasteiger partial charge in [0.15, 0.2) is 5.84 Å². The summed E-state index contributed by atoms with van der Waals surface area (Å²) in [6.07, 6.45) is 8.71. The molecule has 138 valence electrons. The second-order valence-electron chi connectivity index (χ2n) is 6.32. The Balaban J connectivity index is 1.77. The molecule has 2 N–H and O–H groups in total. The van der Waals surface area contributed by atoms with Crippen molar-refractivity contribution < 1.29 is 0 Å². The molecule has 25 heavy (non-hydrogen) atoms. The van der Waals surface area contributed by atoms with Crippen LogP contribution in [-0.2, 0) is 0 Å². The van der Waals surface area contributed by atoms with Gasteiger partial charge in [-0.2, -0.15) is 0 Å². The predicted octanol–water partition coefficient (Wildman–Crippen LogP) is 1.71. The normalized spacial score (nSPS) is 18.0. The number of hydrogen-bond acceptors (Lipinski definition) is 8. The van der Waals surface area contributed by atoms with Crippen LogP contribution in [-0.4, -0.2) is 66.5 Å². The Morgan fingerprint density at radius 1 is 1.20 bits per heavy atom. The lowest BCUT2D eigenvalue weighted by Gasteiger charge is -2.40. The van der Waals surface area contributed by atoms with Crippen molar-refractivity contribution in [3.05, 3.63) is 12.0 Å². The molecule has 2 aliphatic rings. The Kier molecular flexibility index (Phi) is 6.89. The number of piperazine rings is 1. The number of aromatic nitrogens is 2. The van der Waals surface area contributed by atoms with Crippen LogP contribution in [0.3, 0.4) is 0 Å². The molecule has 3 heterocycles. The van der Waals surface area contributed by atoms with Gasteiger partial charge in [-0.05, 0) is 12.7 Å². The number of thioether (sulfide) groups is 1. The Morgan fingerprint density at radius 3 is 2.80 bits per heavy atom. The van der Waals surface area contributed by atoms with Gasteiger partial charge in [-0.15, -0.1) is 11.8 Å². The van der Waals surface area contributed by atoms with Crippen molar-refractivity contribution >= 4 is 23.3 Å². The third kappa shape index (κ3) is 4.43. The first-order valence-electron chi connectivity index (χ1n) is 9.26. The van der Waals surface area contributed by atoms with E-state index in [9.17, 15) is 0 Å². The number of anilines is 1. The van der Waals surface area contributed by atoms with Gasteiger partial charge >= 0.3 is 0 Å². The lowest BCUT2D eigenvalue weighted by Crippen LogP contribution is -2.54. The summed E-state index contributed by atoms with van der Waals surface area (Å²) in [5, 5.41) is 12.5. The maximum Gasteiger partial charge on any atom is 0.151 e. The van der Waals surface area contributed by atoms with Crippen molar-refractivity contribution in [3.63, 3.8) is 0 Å². The average Bonchev–Trinajstić information content (AvgIpc) is 2.68. The molecule has 0 radical (unpaired) electrons. The quantitative estimate of drug-likeness (QED) is 0.434. The first kappa shape index (κ1) is 18.4. The van der Waals surface area contributed by atoms with Crippen LogP contribution >= 0.6 is 11.8 Å². The molecule has 0 spiro atoms. The van der Waals surface area contributed by atoms with Gasteiger partial charge in [0.2, 0.25) is 0 Å². The number of nitrogens with zero attached hydrogens (tertiary/aromatic N) is 5. The van der Waals surface area contributed by atoms with Gasteiger partial charge in [0, 0.05) is 32.7 Å². The minimum Gasteiger partial charge on any atom is -0.368 e. The van der Waals surface area contributed by atoms with Crippen LogP contribution in [0.2, 0.25) is 0 Å². The summed E-state index contributed by atoms with van der Waals surface area (Å²) in [7, 11) is 0. The van der Waals surface area contributed by atoms with Crippen molar-refractivity contribution in [2.24, 2.45) is 4.99 Å². The topological polar surface area (TPSA) is 68.7 Å². The van der Waals surface area contributed by atoms with Crippen LogP contribution < -0.4 is 15.6 Å². The molecule has 1 aromatic heterocycles. The first-order chi connectivity index (χ1) is 12.3. The fourth-order valence-electron chi connectivity index (χ4n) is 3.22. The molecule has 3 rings (SSSR count). The zero-order valence-electron chi connectivity index (χ0n) is 15.3. The predicted molar refractivity (Wildman–Crippen MR) is 104 cm³/mol. The van der Waals surface area contributed by atoms with Crippen molar-refractivity contribution in [2.75, 3.05) is 50.7 Å². The zero-order chi connectivity index (χ0) is 17.5. The average molecular weight is 364 g/mol. The van der Waals surface area contributed by atoms with Gasteiger partial charge in [-0.3, -0.25) is 5.01 Å². The Morgan fingerprint density at radius 2 is 2.04 bits per heavy atom. The van der Waals surface area contributed by atoms with E-state index in [-0.39, 0.29) is 0 Å². The van der Waals surface area contributed by atoms with Gasteiger partial charge < -0.3 is 10.6 Å². The molecule has 0 amide bonds. The summed E-state index contributed by atoms with van der Waals surface area (Å²) in [4.78, 5) is 13.9. The highest BCUT2D eigenvalue weighted by Gasteiger charge is 2.29. The summed E-state index contributed by atoms with van der Waals surface area (Å²) in [5.41, 5.74) is 2.03. The van der Waals surface area contributed by atoms with Gasteiger partial charge in [0.05, 0.1) is 0 Å². The molecule has 0 atom stereocenters. The van der Waals surface area contributed by atoms with Crippen LogP contribution in [0.1, 0.15) is 38.3 Å².